The smallest absolute Gasteiger partial charge is 0.0662 e. The van der Waals surface area contributed by atoms with E-state index in [1.165, 1.54) is 5.56 Å². The fourth-order valence-electron chi connectivity index (χ4n) is 1.49. The van der Waals surface area contributed by atoms with Crippen LogP contribution in [0.1, 0.15) is 31.9 Å². The summed E-state index contributed by atoms with van der Waals surface area (Å²) < 4.78 is 7.38. The van der Waals surface area contributed by atoms with Crippen molar-refractivity contribution >= 4 is 0 Å². The molecule has 0 aliphatic carbocycles. The van der Waals surface area contributed by atoms with Crippen molar-refractivity contribution in [2.45, 2.75) is 26.3 Å². The molecule has 4 heteroatoms. The maximum absolute atomic E-state index is 5.56. The lowest BCUT2D eigenvalue weighted by Crippen LogP contribution is -2.25. The van der Waals surface area contributed by atoms with Gasteiger partial charge in [-0.25, -0.2) is 0 Å². The van der Waals surface area contributed by atoms with Gasteiger partial charge in [0, 0.05) is 25.4 Å². The van der Waals surface area contributed by atoms with Crippen LogP contribution in [-0.2, 0) is 11.8 Å². The lowest BCUT2D eigenvalue weighted by molar-refractivity contribution is 0.112. The van der Waals surface area contributed by atoms with E-state index in [1.807, 2.05) is 24.1 Å². The van der Waals surface area contributed by atoms with Gasteiger partial charge in [-0.05, 0) is 13.0 Å². The van der Waals surface area contributed by atoms with Crippen LogP contribution < -0.4 is 5.32 Å². The Bertz CT molecular complexity index is 273. The zero-order chi connectivity index (χ0) is 11.1. The van der Waals surface area contributed by atoms with E-state index in [0.29, 0.717) is 6.61 Å². The summed E-state index contributed by atoms with van der Waals surface area (Å²) in [4.78, 5) is 0. The average molecular weight is 211 g/mol. The Hall–Kier alpha value is -0.870. The van der Waals surface area contributed by atoms with Crippen molar-refractivity contribution in [2.24, 2.45) is 7.05 Å². The van der Waals surface area contributed by atoms with E-state index in [0.717, 1.165) is 19.6 Å². The van der Waals surface area contributed by atoms with Crippen molar-refractivity contribution in [2.75, 3.05) is 19.8 Å². The summed E-state index contributed by atoms with van der Waals surface area (Å²) in [6.45, 7) is 6.69. The standard InChI is InChI=1S/C11H21N3O/c1-4-6-15-9-11(12-5-2)10-7-13-14(3)8-10/h7-8,11-12H,4-6,9H2,1-3H3. The topological polar surface area (TPSA) is 39.1 Å². The minimum absolute atomic E-state index is 0.259. The first kappa shape index (κ1) is 12.2. The Kier molecular flexibility index (Phi) is 5.36. The second-order valence-electron chi connectivity index (χ2n) is 3.63. The third-order valence-electron chi connectivity index (χ3n) is 2.21. The third kappa shape index (κ3) is 4.01. The van der Waals surface area contributed by atoms with Crippen molar-refractivity contribution in [3.05, 3.63) is 18.0 Å². The molecule has 4 nitrogen and oxygen atoms in total. The first-order valence-electron chi connectivity index (χ1n) is 5.57. The highest BCUT2D eigenvalue weighted by Crippen LogP contribution is 2.11. The largest absolute Gasteiger partial charge is 0.379 e. The number of rotatable bonds is 7. The number of ether oxygens (including phenoxy) is 1. The van der Waals surface area contributed by atoms with E-state index < -0.39 is 0 Å². The Morgan fingerprint density at radius 3 is 2.87 bits per heavy atom. The van der Waals surface area contributed by atoms with Crippen molar-refractivity contribution in [1.82, 2.24) is 15.1 Å². The Morgan fingerprint density at radius 2 is 2.33 bits per heavy atom. The van der Waals surface area contributed by atoms with Crippen LogP contribution in [0.15, 0.2) is 12.4 Å². The van der Waals surface area contributed by atoms with Gasteiger partial charge in [0.25, 0.3) is 0 Å². The first-order chi connectivity index (χ1) is 7.27. The van der Waals surface area contributed by atoms with E-state index in [2.05, 4.69) is 24.3 Å². The second-order valence-corrected chi connectivity index (χ2v) is 3.63. The predicted octanol–water partition coefficient (Wildman–Crippen LogP) is 1.50. The zero-order valence-electron chi connectivity index (χ0n) is 9.86. The SMILES string of the molecule is CCCOCC(NCC)c1cnn(C)c1. The molecule has 1 heterocycles. The summed E-state index contributed by atoms with van der Waals surface area (Å²) in [5, 5.41) is 7.56. The van der Waals surface area contributed by atoms with Crippen molar-refractivity contribution in [1.29, 1.82) is 0 Å². The highest BCUT2D eigenvalue weighted by Gasteiger charge is 2.11. The summed E-state index contributed by atoms with van der Waals surface area (Å²) >= 11 is 0. The summed E-state index contributed by atoms with van der Waals surface area (Å²) in [5.74, 6) is 0. The molecule has 1 aromatic heterocycles. The van der Waals surface area contributed by atoms with Gasteiger partial charge in [0.05, 0.1) is 18.8 Å². The van der Waals surface area contributed by atoms with Crippen LogP contribution in [0.25, 0.3) is 0 Å². The van der Waals surface area contributed by atoms with E-state index in [1.54, 1.807) is 0 Å². The first-order valence-corrected chi connectivity index (χ1v) is 5.57. The fourth-order valence-corrected chi connectivity index (χ4v) is 1.49. The van der Waals surface area contributed by atoms with Crippen LogP contribution in [0.5, 0.6) is 0 Å². The van der Waals surface area contributed by atoms with E-state index in [9.17, 15) is 0 Å². The molecule has 0 bridgehead atoms. The minimum atomic E-state index is 0.259. The van der Waals surface area contributed by atoms with Crippen molar-refractivity contribution < 1.29 is 4.74 Å². The molecule has 1 atom stereocenters. The highest BCUT2D eigenvalue weighted by molar-refractivity contribution is 5.10. The summed E-state index contributed by atoms with van der Waals surface area (Å²) in [7, 11) is 1.93. The molecule has 0 aromatic carbocycles. The molecule has 0 aliphatic rings. The number of aryl methyl sites for hydroxylation is 1. The van der Waals surface area contributed by atoms with Crippen LogP contribution in [0.4, 0.5) is 0 Å². The van der Waals surface area contributed by atoms with Crippen molar-refractivity contribution in [3.8, 4) is 0 Å². The highest BCUT2D eigenvalue weighted by atomic mass is 16.5. The molecule has 1 rings (SSSR count). The number of nitrogens with zero attached hydrogens (tertiary/aromatic N) is 2. The second kappa shape index (κ2) is 6.58. The molecule has 0 fully saturated rings. The molecule has 0 amide bonds. The Balaban J connectivity index is 2.49. The number of aromatic nitrogens is 2. The summed E-state index contributed by atoms with van der Waals surface area (Å²) in [6.07, 6.45) is 4.98. The number of hydrogen-bond donors (Lipinski definition) is 1. The van der Waals surface area contributed by atoms with Gasteiger partial charge in [0.2, 0.25) is 0 Å². The molecule has 0 spiro atoms. The van der Waals surface area contributed by atoms with Gasteiger partial charge in [-0.2, -0.15) is 5.10 Å². The van der Waals surface area contributed by atoms with Crippen LogP contribution in [-0.4, -0.2) is 29.5 Å². The van der Waals surface area contributed by atoms with Gasteiger partial charge in [0.1, 0.15) is 0 Å². The van der Waals surface area contributed by atoms with Gasteiger partial charge in [-0.1, -0.05) is 13.8 Å². The quantitative estimate of drug-likeness (QED) is 0.695. The molecule has 1 unspecified atom stereocenters. The Labute approximate surface area is 91.6 Å². The lowest BCUT2D eigenvalue weighted by atomic mass is 10.2. The van der Waals surface area contributed by atoms with Gasteiger partial charge in [-0.3, -0.25) is 4.68 Å². The van der Waals surface area contributed by atoms with Gasteiger partial charge in [0.15, 0.2) is 0 Å². The van der Waals surface area contributed by atoms with Crippen LogP contribution >= 0.6 is 0 Å². The average Bonchev–Trinajstić information content (AvgIpc) is 2.64. The zero-order valence-corrected chi connectivity index (χ0v) is 9.86. The van der Waals surface area contributed by atoms with E-state index in [4.69, 9.17) is 4.74 Å². The monoisotopic (exact) mass is 211 g/mol. The van der Waals surface area contributed by atoms with E-state index >= 15 is 0 Å². The van der Waals surface area contributed by atoms with Gasteiger partial charge in [-0.15, -0.1) is 0 Å². The molecule has 0 saturated carbocycles. The molecule has 0 saturated heterocycles. The predicted molar refractivity (Wildman–Crippen MR) is 60.7 cm³/mol. The van der Waals surface area contributed by atoms with Crippen LogP contribution in [0, 0.1) is 0 Å². The van der Waals surface area contributed by atoms with Gasteiger partial charge < -0.3 is 10.1 Å². The number of hydrogen-bond acceptors (Lipinski definition) is 3. The molecular formula is C11H21N3O. The Morgan fingerprint density at radius 1 is 1.53 bits per heavy atom. The summed E-state index contributed by atoms with van der Waals surface area (Å²) in [6, 6.07) is 0.259. The maximum atomic E-state index is 5.56. The molecular weight excluding hydrogens is 190 g/mol. The summed E-state index contributed by atoms with van der Waals surface area (Å²) in [5.41, 5.74) is 1.19. The van der Waals surface area contributed by atoms with Crippen LogP contribution in [0.3, 0.4) is 0 Å². The maximum Gasteiger partial charge on any atom is 0.0662 e. The molecule has 15 heavy (non-hydrogen) atoms. The van der Waals surface area contributed by atoms with Crippen LogP contribution in [0.2, 0.25) is 0 Å². The number of likely N-dealkylation sites (N-methyl/N-ethyl adjacent to an activating group) is 1. The fraction of sp³-hybridized carbons (Fsp3) is 0.727. The van der Waals surface area contributed by atoms with Gasteiger partial charge >= 0.3 is 0 Å². The third-order valence-corrected chi connectivity index (χ3v) is 2.21. The molecule has 0 radical (unpaired) electrons. The minimum Gasteiger partial charge on any atom is -0.379 e. The van der Waals surface area contributed by atoms with E-state index in [-0.39, 0.29) is 6.04 Å². The molecule has 1 N–H and O–H groups in total. The molecule has 1 aromatic rings. The van der Waals surface area contributed by atoms with Crippen molar-refractivity contribution in [3.63, 3.8) is 0 Å². The normalized spacial score (nSPS) is 13.0. The molecule has 86 valence electrons. The molecule has 0 aliphatic heterocycles. The number of nitrogens with one attached hydrogen (secondary N) is 1. The lowest BCUT2D eigenvalue weighted by Gasteiger charge is -2.16.